The van der Waals surface area contributed by atoms with Gasteiger partial charge in [0, 0.05) is 6.04 Å². The number of methoxy groups -OCH3 is 1. The van der Waals surface area contributed by atoms with Crippen molar-refractivity contribution in [2.75, 3.05) is 13.7 Å². The summed E-state index contributed by atoms with van der Waals surface area (Å²) in [7, 11) is 1.34. The zero-order valence-corrected chi connectivity index (χ0v) is 10.8. The molecular weight excluding hydrogens is 246 g/mol. The molecule has 1 amide bonds. The molecule has 0 aliphatic heterocycles. The van der Waals surface area contributed by atoms with Gasteiger partial charge >= 0.3 is 5.97 Å². The molecule has 0 unspecified atom stereocenters. The molecule has 0 spiro atoms. The van der Waals surface area contributed by atoms with Gasteiger partial charge < -0.3 is 14.8 Å². The first-order valence-electron chi connectivity index (χ1n) is 6.29. The minimum absolute atomic E-state index is 0.0219. The van der Waals surface area contributed by atoms with Gasteiger partial charge in [0.05, 0.1) is 25.7 Å². The van der Waals surface area contributed by atoms with Crippen LogP contribution in [0.1, 0.15) is 29.6 Å². The molecule has 1 saturated carbocycles. The van der Waals surface area contributed by atoms with Crippen LogP contribution in [0.15, 0.2) is 24.3 Å². The van der Waals surface area contributed by atoms with Crippen molar-refractivity contribution < 1.29 is 19.1 Å². The second-order valence-electron chi connectivity index (χ2n) is 4.46. The van der Waals surface area contributed by atoms with Crippen molar-refractivity contribution in [3.63, 3.8) is 0 Å². The fraction of sp³-hybridized carbons (Fsp3) is 0.429. The van der Waals surface area contributed by atoms with E-state index in [0.29, 0.717) is 30.4 Å². The van der Waals surface area contributed by atoms with E-state index in [1.54, 1.807) is 24.3 Å². The van der Waals surface area contributed by atoms with Crippen LogP contribution in [0.2, 0.25) is 0 Å². The van der Waals surface area contributed by atoms with Crippen molar-refractivity contribution in [2.45, 2.75) is 25.3 Å². The van der Waals surface area contributed by atoms with Gasteiger partial charge in [-0.15, -0.1) is 0 Å². The number of hydrogen-bond acceptors (Lipinski definition) is 4. The van der Waals surface area contributed by atoms with E-state index < -0.39 is 0 Å². The SMILES string of the molecule is COC(=O)c1ccc(OCCC(=O)NC2CC2)cc1. The molecule has 0 aromatic heterocycles. The molecule has 1 aliphatic rings. The van der Waals surface area contributed by atoms with Gasteiger partial charge in [0.25, 0.3) is 0 Å². The Morgan fingerprint density at radius 1 is 1.26 bits per heavy atom. The maximum atomic E-state index is 11.4. The van der Waals surface area contributed by atoms with Crippen LogP contribution >= 0.6 is 0 Å². The third kappa shape index (κ3) is 4.28. The highest BCUT2D eigenvalue weighted by Gasteiger charge is 2.22. The highest BCUT2D eigenvalue weighted by Crippen LogP contribution is 2.18. The van der Waals surface area contributed by atoms with Crippen LogP contribution in [-0.2, 0) is 9.53 Å². The first-order valence-corrected chi connectivity index (χ1v) is 6.29. The van der Waals surface area contributed by atoms with Crippen molar-refractivity contribution >= 4 is 11.9 Å². The van der Waals surface area contributed by atoms with Gasteiger partial charge in [-0.05, 0) is 37.1 Å². The number of benzene rings is 1. The second-order valence-corrected chi connectivity index (χ2v) is 4.46. The molecule has 1 aromatic rings. The van der Waals surface area contributed by atoms with Crippen LogP contribution in [0.3, 0.4) is 0 Å². The molecule has 1 aliphatic carbocycles. The van der Waals surface area contributed by atoms with Crippen LogP contribution in [0, 0.1) is 0 Å². The molecule has 1 aromatic carbocycles. The summed E-state index contributed by atoms with van der Waals surface area (Å²) in [5, 5.41) is 2.89. The Kier molecular flexibility index (Phi) is 4.39. The first kappa shape index (κ1) is 13.4. The number of amides is 1. The van der Waals surface area contributed by atoms with E-state index in [9.17, 15) is 9.59 Å². The second kappa shape index (κ2) is 6.22. The third-order valence-electron chi connectivity index (χ3n) is 2.82. The highest BCUT2D eigenvalue weighted by molar-refractivity contribution is 5.89. The van der Waals surface area contributed by atoms with E-state index in [4.69, 9.17) is 4.74 Å². The maximum absolute atomic E-state index is 11.4. The summed E-state index contributed by atoms with van der Waals surface area (Å²) in [6, 6.07) is 7.01. The molecule has 2 rings (SSSR count). The number of carbonyl (C=O) groups is 2. The Morgan fingerprint density at radius 2 is 1.95 bits per heavy atom. The van der Waals surface area contributed by atoms with Gasteiger partial charge in [-0.25, -0.2) is 4.79 Å². The molecule has 1 fully saturated rings. The number of nitrogens with one attached hydrogen (secondary N) is 1. The van der Waals surface area contributed by atoms with E-state index in [0.717, 1.165) is 12.8 Å². The zero-order valence-electron chi connectivity index (χ0n) is 10.8. The minimum Gasteiger partial charge on any atom is -0.493 e. The summed E-state index contributed by atoms with van der Waals surface area (Å²) < 4.78 is 10.0. The third-order valence-corrected chi connectivity index (χ3v) is 2.82. The predicted octanol–water partition coefficient (Wildman–Crippen LogP) is 1.52. The van der Waals surface area contributed by atoms with Crippen molar-refractivity contribution in [1.29, 1.82) is 0 Å². The molecule has 102 valence electrons. The summed E-state index contributed by atoms with van der Waals surface area (Å²) in [6.45, 7) is 0.329. The van der Waals surface area contributed by atoms with Crippen LogP contribution in [0.4, 0.5) is 0 Å². The number of carbonyl (C=O) groups excluding carboxylic acids is 2. The van der Waals surface area contributed by atoms with Crippen molar-refractivity contribution in [3.05, 3.63) is 29.8 Å². The molecule has 19 heavy (non-hydrogen) atoms. The molecule has 0 radical (unpaired) electrons. The minimum atomic E-state index is -0.379. The summed E-state index contributed by atoms with van der Waals surface area (Å²) in [6.07, 6.45) is 2.51. The lowest BCUT2D eigenvalue weighted by molar-refractivity contribution is -0.121. The smallest absolute Gasteiger partial charge is 0.337 e. The standard InChI is InChI=1S/C14H17NO4/c1-18-14(17)10-2-6-12(7-3-10)19-9-8-13(16)15-11-4-5-11/h2-3,6-7,11H,4-5,8-9H2,1H3,(H,15,16). The van der Waals surface area contributed by atoms with Gasteiger partial charge in [0.15, 0.2) is 0 Å². The van der Waals surface area contributed by atoms with E-state index in [-0.39, 0.29) is 11.9 Å². The number of hydrogen-bond donors (Lipinski definition) is 1. The summed E-state index contributed by atoms with van der Waals surface area (Å²) in [4.78, 5) is 22.6. The highest BCUT2D eigenvalue weighted by atomic mass is 16.5. The molecule has 1 N–H and O–H groups in total. The molecule has 0 atom stereocenters. The Bertz CT molecular complexity index is 451. The summed E-state index contributed by atoms with van der Waals surface area (Å²) in [5.41, 5.74) is 0.473. The first-order chi connectivity index (χ1) is 9.19. The van der Waals surface area contributed by atoms with E-state index in [1.165, 1.54) is 7.11 Å². The van der Waals surface area contributed by atoms with E-state index in [2.05, 4.69) is 10.1 Å². The quantitative estimate of drug-likeness (QED) is 0.790. The lowest BCUT2D eigenvalue weighted by atomic mass is 10.2. The van der Waals surface area contributed by atoms with Crippen LogP contribution in [-0.4, -0.2) is 31.6 Å². The number of rotatable bonds is 6. The molecule has 0 bridgehead atoms. The van der Waals surface area contributed by atoms with Crippen LogP contribution in [0.25, 0.3) is 0 Å². The Morgan fingerprint density at radius 3 is 2.53 bits per heavy atom. The lowest BCUT2D eigenvalue weighted by Gasteiger charge is -2.07. The zero-order chi connectivity index (χ0) is 13.7. The maximum Gasteiger partial charge on any atom is 0.337 e. The van der Waals surface area contributed by atoms with Crippen molar-refractivity contribution in [3.8, 4) is 5.75 Å². The Balaban J connectivity index is 1.73. The predicted molar refractivity (Wildman–Crippen MR) is 69.1 cm³/mol. The summed E-state index contributed by atoms with van der Waals surface area (Å²) in [5.74, 6) is 0.274. The lowest BCUT2D eigenvalue weighted by Crippen LogP contribution is -2.26. The largest absolute Gasteiger partial charge is 0.493 e. The van der Waals surface area contributed by atoms with Gasteiger partial charge in [0.2, 0.25) is 5.91 Å². The average molecular weight is 263 g/mol. The molecular formula is C14H17NO4. The number of ether oxygens (including phenoxy) is 2. The normalized spacial score (nSPS) is 13.7. The van der Waals surface area contributed by atoms with Crippen LogP contribution < -0.4 is 10.1 Å². The Hall–Kier alpha value is -2.04. The van der Waals surface area contributed by atoms with Gasteiger partial charge in [-0.1, -0.05) is 0 Å². The van der Waals surface area contributed by atoms with E-state index in [1.807, 2.05) is 0 Å². The van der Waals surface area contributed by atoms with Gasteiger partial charge in [-0.2, -0.15) is 0 Å². The topological polar surface area (TPSA) is 64.6 Å². The van der Waals surface area contributed by atoms with Gasteiger partial charge in [0.1, 0.15) is 5.75 Å². The fourth-order valence-electron chi connectivity index (χ4n) is 1.59. The van der Waals surface area contributed by atoms with Crippen molar-refractivity contribution in [2.24, 2.45) is 0 Å². The molecule has 5 nitrogen and oxygen atoms in total. The molecule has 5 heteroatoms. The van der Waals surface area contributed by atoms with E-state index >= 15 is 0 Å². The summed E-state index contributed by atoms with van der Waals surface area (Å²) >= 11 is 0. The van der Waals surface area contributed by atoms with Crippen molar-refractivity contribution in [1.82, 2.24) is 5.32 Å². The average Bonchev–Trinajstić information content (AvgIpc) is 3.22. The molecule has 0 heterocycles. The van der Waals surface area contributed by atoms with Gasteiger partial charge in [-0.3, -0.25) is 4.79 Å². The Labute approximate surface area is 111 Å². The molecule has 0 saturated heterocycles. The fourth-order valence-corrected chi connectivity index (χ4v) is 1.59. The monoisotopic (exact) mass is 263 g/mol. The number of esters is 1. The van der Waals surface area contributed by atoms with Crippen LogP contribution in [0.5, 0.6) is 5.75 Å².